The van der Waals surface area contributed by atoms with Crippen LogP contribution < -0.4 is 20.4 Å². The minimum atomic E-state index is -3.78. The van der Waals surface area contributed by atoms with E-state index in [2.05, 4.69) is 50.7 Å². The number of rotatable bonds is 9. The molecule has 0 aliphatic carbocycles. The number of benzene rings is 1. The van der Waals surface area contributed by atoms with E-state index in [9.17, 15) is 18.0 Å². The maximum atomic E-state index is 13.3. The minimum Gasteiger partial charge on any atom is -0.364 e. The zero-order valence-corrected chi connectivity index (χ0v) is 16.1. The average Bonchev–Trinajstić information content (AvgIpc) is 3.08. The van der Waals surface area contributed by atoms with Gasteiger partial charge < -0.3 is 5.32 Å². The monoisotopic (exact) mass is 467 g/mol. The Balaban J connectivity index is 2.07. The third-order valence-electron chi connectivity index (χ3n) is 2.87. The molecule has 0 aliphatic heterocycles. The Labute approximate surface area is 161 Å². The molecule has 1 aromatic heterocycles. The largest absolute Gasteiger partial charge is 0.364 e. The molecule has 0 fully saturated rings. The van der Waals surface area contributed by atoms with Crippen molar-refractivity contribution in [2.24, 2.45) is 4.99 Å². The molecule has 0 spiro atoms. The summed E-state index contributed by atoms with van der Waals surface area (Å²) in [5, 5.41) is 19.3. The van der Waals surface area contributed by atoms with Gasteiger partial charge in [-0.2, -0.15) is 13.1 Å². The first-order chi connectivity index (χ1) is 12.9. The van der Waals surface area contributed by atoms with Gasteiger partial charge >= 0.3 is 0 Å². The summed E-state index contributed by atoms with van der Waals surface area (Å²) in [5.41, 5.74) is 2.20. The highest BCUT2D eigenvalue weighted by atomic mass is 79.9. The highest BCUT2D eigenvalue weighted by Crippen LogP contribution is 2.23. The Kier molecular flexibility index (Phi) is 7.57. The molecule has 12 nitrogen and oxygen atoms in total. The van der Waals surface area contributed by atoms with Gasteiger partial charge in [-0.1, -0.05) is 4.89 Å². The van der Waals surface area contributed by atoms with Crippen molar-refractivity contribution in [1.82, 2.24) is 25.4 Å². The topological polar surface area (TPSA) is 163 Å². The van der Waals surface area contributed by atoms with Crippen molar-refractivity contribution >= 4 is 43.5 Å². The lowest BCUT2D eigenvalue weighted by Gasteiger charge is -2.08. The van der Waals surface area contributed by atoms with E-state index in [0.717, 1.165) is 7.11 Å². The molecular formula is C12H15BrFN7O5S. The number of hydroxylamine groups is 1. The molecule has 0 radical (unpaired) electrons. The molecule has 5 N–H and O–H groups in total. The van der Waals surface area contributed by atoms with Crippen molar-refractivity contribution in [1.29, 1.82) is 0 Å². The zero-order chi connectivity index (χ0) is 19.9. The second kappa shape index (κ2) is 9.67. The van der Waals surface area contributed by atoms with Crippen LogP contribution in [0.5, 0.6) is 0 Å². The Hall–Kier alpha value is -2.17. The first kappa shape index (κ1) is 21.1. The lowest BCUT2D eigenvalue weighted by molar-refractivity contribution is 0.152. The van der Waals surface area contributed by atoms with Crippen LogP contribution in [-0.4, -0.2) is 50.0 Å². The molecule has 15 heteroatoms. The molecule has 2 rings (SSSR count). The third-order valence-corrected chi connectivity index (χ3v) is 4.44. The van der Waals surface area contributed by atoms with E-state index < -0.39 is 16.0 Å². The van der Waals surface area contributed by atoms with Crippen LogP contribution in [0, 0.1) is 5.82 Å². The smallest absolute Gasteiger partial charge is 0.299 e. The number of hydrogen-bond donors (Lipinski definition) is 5. The fourth-order valence-corrected chi connectivity index (χ4v) is 2.80. The van der Waals surface area contributed by atoms with Crippen LogP contribution in [0.4, 0.5) is 15.9 Å². The van der Waals surface area contributed by atoms with Crippen molar-refractivity contribution in [3.05, 3.63) is 34.2 Å². The first-order valence-electron chi connectivity index (χ1n) is 7.16. The summed E-state index contributed by atoms with van der Waals surface area (Å²) >= 11 is 3.03. The summed E-state index contributed by atoms with van der Waals surface area (Å²) in [6, 6.07) is 3.97. The highest BCUT2D eigenvalue weighted by molar-refractivity contribution is 9.10. The van der Waals surface area contributed by atoms with Gasteiger partial charge in [0, 0.05) is 13.1 Å². The van der Waals surface area contributed by atoms with E-state index >= 15 is 0 Å². The van der Waals surface area contributed by atoms with Crippen LogP contribution in [0.15, 0.2) is 32.3 Å². The van der Waals surface area contributed by atoms with E-state index in [4.69, 9.17) is 0 Å². The second-order valence-corrected chi connectivity index (χ2v) is 7.06. The van der Waals surface area contributed by atoms with Gasteiger partial charge in [0.1, 0.15) is 5.82 Å². The molecular weight excluding hydrogens is 453 g/mol. The van der Waals surface area contributed by atoms with Gasteiger partial charge in [0.25, 0.3) is 10.2 Å². The Morgan fingerprint density at radius 3 is 2.85 bits per heavy atom. The van der Waals surface area contributed by atoms with Crippen molar-refractivity contribution in [3.8, 4) is 0 Å². The summed E-state index contributed by atoms with van der Waals surface area (Å²) in [7, 11) is -2.63. The van der Waals surface area contributed by atoms with E-state index in [1.165, 1.54) is 18.2 Å². The van der Waals surface area contributed by atoms with E-state index in [1.54, 1.807) is 4.89 Å². The molecule has 1 aromatic carbocycles. The molecule has 0 amide bonds. The van der Waals surface area contributed by atoms with Crippen LogP contribution >= 0.6 is 15.9 Å². The molecule has 148 valence electrons. The molecule has 0 bridgehead atoms. The molecule has 27 heavy (non-hydrogen) atoms. The van der Waals surface area contributed by atoms with Crippen LogP contribution in [0.3, 0.4) is 0 Å². The van der Waals surface area contributed by atoms with Crippen molar-refractivity contribution < 1.29 is 27.5 Å². The van der Waals surface area contributed by atoms with Crippen LogP contribution in [0.1, 0.15) is 5.69 Å². The molecule has 0 saturated carbocycles. The average molecular weight is 468 g/mol. The fourth-order valence-electron chi connectivity index (χ4n) is 1.78. The number of nitrogens with zero attached hydrogens (tertiary/aromatic N) is 3. The normalized spacial score (nSPS) is 12.2. The van der Waals surface area contributed by atoms with Crippen molar-refractivity contribution in [2.75, 3.05) is 25.5 Å². The van der Waals surface area contributed by atoms with E-state index in [1.807, 2.05) is 5.48 Å². The van der Waals surface area contributed by atoms with Gasteiger partial charge in [0.15, 0.2) is 11.5 Å². The molecule has 1 heterocycles. The summed E-state index contributed by atoms with van der Waals surface area (Å²) in [6.45, 7) is 0.0849. The lowest BCUT2D eigenvalue weighted by atomic mass is 10.3. The van der Waals surface area contributed by atoms with E-state index in [0.29, 0.717) is 5.69 Å². The molecule has 2 aromatic rings. The van der Waals surface area contributed by atoms with Gasteiger partial charge in [0.2, 0.25) is 5.82 Å². The molecule has 0 atom stereocenters. The SMILES string of the molecule is CONS(=O)(=O)NCCNc1nonc1C(=Nc1ccc(F)c(Br)c1)NO. The number of halogens is 2. The number of aliphatic imine (C=N–C) groups is 1. The van der Waals surface area contributed by atoms with Gasteiger partial charge in [-0.05, 0) is 44.4 Å². The van der Waals surface area contributed by atoms with Gasteiger partial charge in [0.05, 0.1) is 17.3 Å². The quantitative estimate of drug-likeness (QED) is 0.152. The maximum Gasteiger partial charge on any atom is 0.299 e. The minimum absolute atomic E-state index is 0.0189. The van der Waals surface area contributed by atoms with Gasteiger partial charge in [-0.3, -0.25) is 15.5 Å². The predicted molar refractivity (Wildman–Crippen MR) is 95.1 cm³/mol. The maximum absolute atomic E-state index is 13.3. The first-order valence-corrected chi connectivity index (χ1v) is 9.44. The summed E-state index contributed by atoms with van der Waals surface area (Å²) in [6.07, 6.45) is 0. The van der Waals surface area contributed by atoms with Crippen molar-refractivity contribution in [3.63, 3.8) is 0 Å². The lowest BCUT2D eigenvalue weighted by Crippen LogP contribution is -2.38. The predicted octanol–water partition coefficient (Wildman–Crippen LogP) is 0.426. The Morgan fingerprint density at radius 2 is 2.19 bits per heavy atom. The third kappa shape index (κ3) is 6.19. The number of anilines is 1. The molecule has 0 unspecified atom stereocenters. The second-order valence-electron chi connectivity index (χ2n) is 4.74. The highest BCUT2D eigenvalue weighted by Gasteiger charge is 2.17. The van der Waals surface area contributed by atoms with Crippen LogP contribution in [-0.2, 0) is 15.0 Å². The summed E-state index contributed by atoms with van der Waals surface area (Å²) < 4.78 is 43.0. The van der Waals surface area contributed by atoms with Crippen LogP contribution in [0.25, 0.3) is 0 Å². The van der Waals surface area contributed by atoms with Gasteiger partial charge in [-0.25, -0.2) is 14.0 Å². The fraction of sp³-hybridized carbons (Fsp3) is 0.250. The van der Waals surface area contributed by atoms with E-state index in [-0.39, 0.29) is 34.9 Å². The number of amidine groups is 1. The van der Waals surface area contributed by atoms with Crippen molar-refractivity contribution in [2.45, 2.75) is 0 Å². The van der Waals surface area contributed by atoms with Gasteiger partial charge in [-0.15, -0.1) is 0 Å². The number of nitrogens with one attached hydrogen (secondary N) is 4. The standard InChI is InChI=1S/C12H15BrFN7O5S/c1-25-21-27(23,24)16-5-4-15-11-10(19-26-20-11)12(18-22)17-7-2-3-9(14)8(13)6-7/h2-3,6,16,21-22H,4-5H2,1H3,(H,15,20)(H,17,18). The molecule has 0 aliphatic rings. The zero-order valence-electron chi connectivity index (χ0n) is 13.7. The number of hydrogen-bond acceptors (Lipinski definition) is 9. The van der Waals surface area contributed by atoms with Crippen LogP contribution in [0.2, 0.25) is 0 Å². The Bertz CT molecular complexity index is 907. The Morgan fingerprint density at radius 1 is 1.41 bits per heavy atom. The summed E-state index contributed by atoms with van der Waals surface area (Å²) in [5.74, 6) is -0.502. The molecule has 0 saturated heterocycles. The number of aromatic nitrogens is 2. The summed E-state index contributed by atoms with van der Waals surface area (Å²) in [4.78, 5) is 10.2.